The highest BCUT2D eigenvalue weighted by Crippen LogP contribution is 2.26. The second kappa shape index (κ2) is 6.03. The molecule has 0 saturated heterocycles. The molecule has 3 rings (SSSR count). The molecule has 1 atom stereocenters. The van der Waals surface area contributed by atoms with Crippen molar-refractivity contribution in [1.29, 1.82) is 5.26 Å². The summed E-state index contributed by atoms with van der Waals surface area (Å²) < 4.78 is 5.36. The predicted molar refractivity (Wildman–Crippen MR) is 83.7 cm³/mol. The minimum atomic E-state index is -0.355. The fraction of sp³-hybridized carbons (Fsp3) is 0.263. The van der Waals surface area contributed by atoms with Gasteiger partial charge < -0.3 is 4.74 Å². The smallest absolute Gasteiger partial charge is 0.343 e. The van der Waals surface area contributed by atoms with Gasteiger partial charge in [-0.3, -0.25) is 0 Å². The summed E-state index contributed by atoms with van der Waals surface area (Å²) in [5.74, 6) is 0.811. The number of hydrogen-bond acceptors (Lipinski definition) is 3. The Morgan fingerprint density at radius 3 is 2.68 bits per heavy atom. The Bertz CT molecular complexity index is 741. The SMILES string of the molecule is CC1CCc2cc(C(=O)Oc3ccc(C#N)cc3)ccc2C1. The van der Waals surface area contributed by atoms with Crippen molar-refractivity contribution in [3.8, 4) is 11.8 Å². The van der Waals surface area contributed by atoms with Crippen LogP contribution < -0.4 is 4.74 Å². The molecule has 1 unspecified atom stereocenters. The number of nitriles is 1. The van der Waals surface area contributed by atoms with E-state index >= 15 is 0 Å². The van der Waals surface area contributed by atoms with Crippen LogP contribution in [0.25, 0.3) is 0 Å². The molecule has 1 aliphatic rings. The van der Waals surface area contributed by atoms with E-state index in [1.165, 1.54) is 17.5 Å². The van der Waals surface area contributed by atoms with Crippen molar-refractivity contribution in [2.45, 2.75) is 26.2 Å². The maximum atomic E-state index is 12.2. The summed E-state index contributed by atoms with van der Waals surface area (Å²) in [5.41, 5.74) is 3.72. The normalized spacial score (nSPS) is 16.5. The Kier molecular flexibility index (Phi) is 3.93. The summed E-state index contributed by atoms with van der Waals surface area (Å²) in [5, 5.41) is 8.76. The second-order valence-electron chi connectivity index (χ2n) is 5.86. The first-order valence-corrected chi connectivity index (χ1v) is 7.50. The van der Waals surface area contributed by atoms with Gasteiger partial charge in [0.05, 0.1) is 17.2 Å². The summed E-state index contributed by atoms with van der Waals surface area (Å²) in [6, 6.07) is 14.4. The second-order valence-corrected chi connectivity index (χ2v) is 5.86. The highest BCUT2D eigenvalue weighted by molar-refractivity contribution is 5.91. The molecule has 0 heterocycles. The van der Waals surface area contributed by atoms with Crippen LogP contribution in [0.1, 0.15) is 40.4 Å². The van der Waals surface area contributed by atoms with Gasteiger partial charge in [0.25, 0.3) is 0 Å². The third-order valence-corrected chi connectivity index (χ3v) is 4.11. The van der Waals surface area contributed by atoms with Crippen molar-refractivity contribution >= 4 is 5.97 Å². The lowest BCUT2D eigenvalue weighted by Gasteiger charge is -2.21. The lowest BCUT2D eigenvalue weighted by Crippen LogP contribution is -2.14. The molecule has 110 valence electrons. The van der Waals surface area contributed by atoms with Gasteiger partial charge in [0.1, 0.15) is 5.75 Å². The van der Waals surface area contributed by atoms with Gasteiger partial charge in [-0.2, -0.15) is 5.26 Å². The minimum Gasteiger partial charge on any atom is -0.423 e. The number of benzene rings is 2. The molecule has 2 aromatic carbocycles. The van der Waals surface area contributed by atoms with Gasteiger partial charge in [0.2, 0.25) is 0 Å². The van der Waals surface area contributed by atoms with E-state index in [-0.39, 0.29) is 5.97 Å². The van der Waals surface area contributed by atoms with E-state index < -0.39 is 0 Å². The zero-order chi connectivity index (χ0) is 15.5. The Balaban J connectivity index is 1.76. The van der Waals surface area contributed by atoms with Crippen LogP contribution in [0.4, 0.5) is 0 Å². The molecule has 2 aromatic rings. The first kappa shape index (κ1) is 14.3. The van der Waals surface area contributed by atoms with Crippen LogP contribution in [0, 0.1) is 17.2 Å². The fourth-order valence-corrected chi connectivity index (χ4v) is 2.83. The molecule has 22 heavy (non-hydrogen) atoms. The number of rotatable bonds is 2. The Morgan fingerprint density at radius 1 is 1.18 bits per heavy atom. The van der Waals surface area contributed by atoms with Crippen molar-refractivity contribution in [3.63, 3.8) is 0 Å². The average Bonchev–Trinajstić information content (AvgIpc) is 2.55. The molecular formula is C19H17NO2. The monoisotopic (exact) mass is 291 g/mol. The first-order valence-electron chi connectivity index (χ1n) is 7.50. The third-order valence-electron chi connectivity index (χ3n) is 4.11. The number of ether oxygens (including phenoxy) is 1. The van der Waals surface area contributed by atoms with Gasteiger partial charge >= 0.3 is 5.97 Å². The van der Waals surface area contributed by atoms with Crippen LogP contribution in [-0.2, 0) is 12.8 Å². The molecule has 0 spiro atoms. The summed E-state index contributed by atoms with van der Waals surface area (Å²) in [4.78, 5) is 12.2. The van der Waals surface area contributed by atoms with Crippen molar-refractivity contribution in [2.24, 2.45) is 5.92 Å². The minimum absolute atomic E-state index is 0.355. The molecule has 0 amide bonds. The van der Waals surface area contributed by atoms with Gasteiger partial charge in [-0.1, -0.05) is 13.0 Å². The van der Waals surface area contributed by atoms with Gasteiger partial charge in [-0.25, -0.2) is 4.79 Å². The molecule has 0 aliphatic heterocycles. The van der Waals surface area contributed by atoms with Gasteiger partial charge in [-0.15, -0.1) is 0 Å². The number of fused-ring (bicyclic) bond motifs is 1. The highest BCUT2D eigenvalue weighted by Gasteiger charge is 2.17. The number of esters is 1. The summed E-state index contributed by atoms with van der Waals surface area (Å²) in [6.45, 7) is 2.26. The van der Waals surface area contributed by atoms with Crippen LogP contribution in [0.2, 0.25) is 0 Å². The zero-order valence-electron chi connectivity index (χ0n) is 12.5. The van der Waals surface area contributed by atoms with Gasteiger partial charge in [0.15, 0.2) is 0 Å². The molecule has 0 bridgehead atoms. The van der Waals surface area contributed by atoms with Crippen LogP contribution in [0.5, 0.6) is 5.75 Å². The summed E-state index contributed by atoms with van der Waals surface area (Å²) in [7, 11) is 0. The van der Waals surface area contributed by atoms with E-state index in [4.69, 9.17) is 10.00 Å². The maximum Gasteiger partial charge on any atom is 0.343 e. The Labute approximate surface area is 130 Å². The topological polar surface area (TPSA) is 50.1 Å². The Morgan fingerprint density at radius 2 is 1.95 bits per heavy atom. The van der Waals surface area contributed by atoms with E-state index in [0.29, 0.717) is 22.8 Å². The summed E-state index contributed by atoms with van der Waals surface area (Å²) >= 11 is 0. The molecule has 1 aliphatic carbocycles. The standard InChI is InChI=1S/C19H17NO2/c1-13-2-5-16-11-17(7-6-15(16)10-13)19(21)22-18-8-3-14(12-20)4-9-18/h3-4,6-9,11,13H,2,5,10H2,1H3. The lowest BCUT2D eigenvalue weighted by atomic mass is 9.84. The van der Waals surface area contributed by atoms with E-state index in [0.717, 1.165) is 12.8 Å². The van der Waals surface area contributed by atoms with E-state index in [1.807, 2.05) is 24.3 Å². The Hall–Kier alpha value is -2.60. The molecular weight excluding hydrogens is 274 g/mol. The van der Waals surface area contributed by atoms with Gasteiger partial charge in [0, 0.05) is 0 Å². The molecule has 0 saturated carbocycles. The number of hydrogen-bond donors (Lipinski definition) is 0. The number of aryl methyl sites for hydroxylation is 1. The van der Waals surface area contributed by atoms with Crippen molar-refractivity contribution < 1.29 is 9.53 Å². The summed E-state index contributed by atoms with van der Waals surface area (Å²) in [6.07, 6.45) is 3.27. The van der Waals surface area contributed by atoms with E-state index in [1.54, 1.807) is 24.3 Å². The maximum absolute atomic E-state index is 12.2. The van der Waals surface area contributed by atoms with Crippen LogP contribution in [0.15, 0.2) is 42.5 Å². The lowest BCUT2D eigenvalue weighted by molar-refractivity contribution is 0.0734. The molecule has 0 fully saturated rings. The van der Waals surface area contributed by atoms with Crippen molar-refractivity contribution in [1.82, 2.24) is 0 Å². The molecule has 0 aromatic heterocycles. The first-order chi connectivity index (χ1) is 10.7. The van der Waals surface area contributed by atoms with Crippen LogP contribution in [0.3, 0.4) is 0 Å². The van der Waals surface area contributed by atoms with E-state index in [2.05, 4.69) is 6.92 Å². The van der Waals surface area contributed by atoms with Gasteiger partial charge in [-0.05, 0) is 72.7 Å². The quantitative estimate of drug-likeness (QED) is 0.623. The molecule has 0 N–H and O–H groups in total. The number of carbonyl (C=O) groups excluding carboxylic acids is 1. The van der Waals surface area contributed by atoms with Crippen LogP contribution in [-0.4, -0.2) is 5.97 Å². The number of carbonyl (C=O) groups is 1. The average molecular weight is 291 g/mol. The fourth-order valence-electron chi connectivity index (χ4n) is 2.83. The number of nitrogens with zero attached hydrogens (tertiary/aromatic N) is 1. The largest absolute Gasteiger partial charge is 0.423 e. The van der Waals surface area contributed by atoms with E-state index in [9.17, 15) is 4.79 Å². The predicted octanol–water partition coefficient (Wildman–Crippen LogP) is 3.90. The molecule has 3 heteroatoms. The molecule has 0 radical (unpaired) electrons. The third kappa shape index (κ3) is 3.01. The highest BCUT2D eigenvalue weighted by atomic mass is 16.5. The zero-order valence-corrected chi connectivity index (χ0v) is 12.5. The molecule has 3 nitrogen and oxygen atoms in total. The van der Waals surface area contributed by atoms with Crippen molar-refractivity contribution in [2.75, 3.05) is 0 Å². The van der Waals surface area contributed by atoms with Crippen molar-refractivity contribution in [3.05, 3.63) is 64.7 Å². The van der Waals surface area contributed by atoms with Crippen LogP contribution >= 0.6 is 0 Å².